The number of ketones is 1. The zero-order valence-electron chi connectivity index (χ0n) is 17.2. The Labute approximate surface area is 190 Å². The van der Waals surface area contributed by atoms with Gasteiger partial charge in [0.25, 0.3) is 5.69 Å². The molecule has 1 aliphatic heterocycles. The fourth-order valence-electron chi connectivity index (χ4n) is 3.88. The SMILES string of the molecule is O=C1Oc2ccccc2C(=O)/C1=C(/c1cccc([N+](=O)[O-])c1)c1c(O)c2ccccc2oc1=O. The van der Waals surface area contributed by atoms with Crippen LogP contribution in [-0.2, 0) is 4.79 Å². The first-order chi connectivity index (χ1) is 16.4. The van der Waals surface area contributed by atoms with E-state index in [9.17, 15) is 29.6 Å². The number of hydrogen-bond donors (Lipinski definition) is 1. The summed E-state index contributed by atoms with van der Waals surface area (Å²) in [4.78, 5) is 50.2. The molecule has 0 saturated heterocycles. The van der Waals surface area contributed by atoms with E-state index in [1.165, 1.54) is 42.5 Å². The number of aromatic hydroxyl groups is 1. The molecule has 0 saturated carbocycles. The molecule has 166 valence electrons. The van der Waals surface area contributed by atoms with Crippen LogP contribution in [0.25, 0.3) is 16.5 Å². The molecule has 0 aliphatic carbocycles. The number of Topliss-reactive ketones (excluding diaryl/α,β-unsaturated/α-hetero) is 1. The molecule has 0 unspecified atom stereocenters. The predicted octanol–water partition coefficient (Wildman–Crippen LogP) is 4.01. The van der Waals surface area contributed by atoms with Gasteiger partial charge in [0.2, 0.25) is 5.78 Å². The molecule has 5 rings (SSSR count). The number of esters is 1. The van der Waals surface area contributed by atoms with Crippen molar-refractivity contribution in [3.8, 4) is 11.5 Å². The molecule has 0 amide bonds. The Morgan fingerprint density at radius 3 is 2.44 bits per heavy atom. The third kappa shape index (κ3) is 3.23. The maximum Gasteiger partial charge on any atom is 0.348 e. The first-order valence-electron chi connectivity index (χ1n) is 9.97. The lowest BCUT2D eigenvalue weighted by molar-refractivity contribution is -0.384. The molecule has 3 aromatic carbocycles. The van der Waals surface area contributed by atoms with Gasteiger partial charge in [-0.3, -0.25) is 14.9 Å². The molecule has 0 spiro atoms. The number of nitrogens with zero attached hydrogens (tertiary/aromatic N) is 1. The summed E-state index contributed by atoms with van der Waals surface area (Å²) in [6, 6.07) is 17.2. The van der Waals surface area contributed by atoms with E-state index in [0.717, 1.165) is 6.07 Å². The molecule has 0 atom stereocenters. The van der Waals surface area contributed by atoms with Crippen molar-refractivity contribution in [2.45, 2.75) is 0 Å². The van der Waals surface area contributed by atoms with Crippen LogP contribution in [0.15, 0.2) is 87.6 Å². The van der Waals surface area contributed by atoms with Crippen LogP contribution < -0.4 is 10.4 Å². The lowest BCUT2D eigenvalue weighted by atomic mass is 9.87. The van der Waals surface area contributed by atoms with Gasteiger partial charge in [0.1, 0.15) is 28.2 Å². The molecule has 2 heterocycles. The maximum atomic E-state index is 13.4. The van der Waals surface area contributed by atoms with Gasteiger partial charge in [0.05, 0.1) is 15.9 Å². The molecule has 9 nitrogen and oxygen atoms in total. The average molecular weight is 455 g/mol. The Kier molecular flexibility index (Phi) is 4.79. The lowest BCUT2D eigenvalue weighted by Gasteiger charge is -2.20. The number of para-hydroxylation sites is 2. The van der Waals surface area contributed by atoms with Gasteiger partial charge >= 0.3 is 11.6 Å². The number of nitro benzene ring substituents is 1. The summed E-state index contributed by atoms with van der Waals surface area (Å²) < 4.78 is 10.7. The third-order valence-electron chi connectivity index (χ3n) is 5.40. The van der Waals surface area contributed by atoms with Gasteiger partial charge in [-0.25, -0.2) is 9.59 Å². The van der Waals surface area contributed by atoms with E-state index in [1.807, 2.05) is 0 Å². The van der Waals surface area contributed by atoms with Crippen LogP contribution in [0.4, 0.5) is 5.69 Å². The van der Waals surface area contributed by atoms with Crippen LogP contribution in [0.3, 0.4) is 0 Å². The van der Waals surface area contributed by atoms with Crippen molar-refractivity contribution in [1.82, 2.24) is 0 Å². The molecule has 4 aromatic rings. The smallest absolute Gasteiger partial charge is 0.348 e. The summed E-state index contributed by atoms with van der Waals surface area (Å²) in [5.74, 6) is -2.34. The second-order valence-corrected chi connectivity index (χ2v) is 7.38. The number of ether oxygens (including phenoxy) is 1. The summed E-state index contributed by atoms with van der Waals surface area (Å²) in [5, 5.41) is 22.6. The third-order valence-corrected chi connectivity index (χ3v) is 5.40. The standard InChI is InChI=1S/C25H13NO8/c27-22-15-8-1-3-10-17(15)33-24(29)20(22)19(13-6-5-7-14(12-13)26(31)32)21-23(28)16-9-2-4-11-18(16)34-25(21)30/h1-12,27H/b21-19+. The minimum atomic E-state index is -1.07. The fourth-order valence-corrected chi connectivity index (χ4v) is 3.88. The summed E-state index contributed by atoms with van der Waals surface area (Å²) in [6.45, 7) is 0. The molecule has 34 heavy (non-hydrogen) atoms. The fraction of sp³-hybridized carbons (Fsp3) is 0. The zero-order chi connectivity index (χ0) is 24.0. The molecule has 1 aliphatic rings. The van der Waals surface area contributed by atoms with Crippen molar-refractivity contribution in [3.63, 3.8) is 0 Å². The molecular weight excluding hydrogens is 442 g/mol. The highest BCUT2D eigenvalue weighted by Gasteiger charge is 2.36. The zero-order valence-corrected chi connectivity index (χ0v) is 17.2. The number of carbonyl (C=O) groups excluding carboxylic acids is 2. The van der Waals surface area contributed by atoms with Crippen molar-refractivity contribution >= 4 is 34.0 Å². The Hall–Kier alpha value is -5.05. The van der Waals surface area contributed by atoms with E-state index in [2.05, 4.69) is 0 Å². The van der Waals surface area contributed by atoms with Crippen LogP contribution in [0.2, 0.25) is 0 Å². The van der Waals surface area contributed by atoms with Crippen molar-refractivity contribution < 1.29 is 28.8 Å². The Balaban J connectivity index is 1.91. The minimum absolute atomic E-state index is 0.0215. The second-order valence-electron chi connectivity index (χ2n) is 7.38. The van der Waals surface area contributed by atoms with Gasteiger partial charge in [0.15, 0.2) is 0 Å². The first-order valence-corrected chi connectivity index (χ1v) is 9.97. The highest BCUT2D eigenvalue weighted by atomic mass is 16.6. The molecule has 1 aromatic heterocycles. The van der Waals surface area contributed by atoms with Crippen molar-refractivity contribution in [1.29, 1.82) is 0 Å². The Morgan fingerprint density at radius 2 is 1.65 bits per heavy atom. The number of benzene rings is 3. The first kappa shape index (κ1) is 20.8. The number of non-ortho nitro benzene ring substituents is 1. The van der Waals surface area contributed by atoms with Gasteiger partial charge < -0.3 is 14.3 Å². The summed E-state index contributed by atoms with van der Waals surface area (Å²) in [5.41, 5.74) is -2.64. The quantitative estimate of drug-likeness (QED) is 0.0930. The Morgan fingerprint density at radius 1 is 0.912 bits per heavy atom. The van der Waals surface area contributed by atoms with E-state index in [0.29, 0.717) is 0 Å². The summed E-state index contributed by atoms with van der Waals surface area (Å²) in [7, 11) is 0. The largest absolute Gasteiger partial charge is 0.506 e. The van der Waals surface area contributed by atoms with E-state index < -0.39 is 39.2 Å². The van der Waals surface area contributed by atoms with Gasteiger partial charge in [0, 0.05) is 17.7 Å². The van der Waals surface area contributed by atoms with Gasteiger partial charge in [-0.05, 0) is 29.8 Å². The monoisotopic (exact) mass is 455 g/mol. The van der Waals surface area contributed by atoms with Crippen LogP contribution in [0.1, 0.15) is 21.5 Å². The number of hydrogen-bond acceptors (Lipinski definition) is 8. The van der Waals surface area contributed by atoms with E-state index in [-0.39, 0.29) is 39.1 Å². The van der Waals surface area contributed by atoms with E-state index >= 15 is 0 Å². The molecule has 0 fully saturated rings. The van der Waals surface area contributed by atoms with Crippen LogP contribution >= 0.6 is 0 Å². The van der Waals surface area contributed by atoms with E-state index in [4.69, 9.17) is 9.15 Å². The molecular formula is C25H13NO8. The highest BCUT2D eigenvalue weighted by molar-refractivity contribution is 6.33. The van der Waals surface area contributed by atoms with Crippen molar-refractivity contribution in [2.75, 3.05) is 0 Å². The van der Waals surface area contributed by atoms with Crippen molar-refractivity contribution in [2.24, 2.45) is 0 Å². The number of rotatable bonds is 3. The molecule has 0 bridgehead atoms. The normalized spacial score (nSPS) is 14.5. The van der Waals surface area contributed by atoms with Gasteiger partial charge in [-0.2, -0.15) is 0 Å². The minimum Gasteiger partial charge on any atom is -0.506 e. The van der Waals surface area contributed by atoms with E-state index in [1.54, 1.807) is 24.3 Å². The molecule has 9 heteroatoms. The van der Waals surface area contributed by atoms with Crippen LogP contribution in [0.5, 0.6) is 11.5 Å². The highest BCUT2D eigenvalue weighted by Crippen LogP contribution is 2.39. The van der Waals surface area contributed by atoms with Crippen LogP contribution in [0, 0.1) is 10.1 Å². The molecule has 1 N–H and O–H groups in total. The maximum absolute atomic E-state index is 13.4. The van der Waals surface area contributed by atoms with Crippen molar-refractivity contribution in [3.05, 3.63) is 116 Å². The summed E-state index contributed by atoms with van der Waals surface area (Å²) >= 11 is 0. The van der Waals surface area contributed by atoms with Gasteiger partial charge in [-0.1, -0.05) is 36.4 Å². The summed E-state index contributed by atoms with van der Waals surface area (Å²) in [6.07, 6.45) is 0. The lowest BCUT2D eigenvalue weighted by Crippen LogP contribution is -2.27. The average Bonchev–Trinajstić information content (AvgIpc) is 2.83. The number of fused-ring (bicyclic) bond motifs is 2. The second kappa shape index (κ2) is 7.82. The number of carbonyl (C=O) groups is 2. The number of nitro groups is 1. The predicted molar refractivity (Wildman–Crippen MR) is 120 cm³/mol. The van der Waals surface area contributed by atoms with Crippen LogP contribution in [-0.4, -0.2) is 21.8 Å². The molecule has 0 radical (unpaired) electrons. The van der Waals surface area contributed by atoms with Gasteiger partial charge in [-0.15, -0.1) is 0 Å². The topological polar surface area (TPSA) is 137 Å². The Bertz CT molecular complexity index is 1630.